The van der Waals surface area contributed by atoms with Crippen molar-refractivity contribution in [3.63, 3.8) is 0 Å². The van der Waals surface area contributed by atoms with E-state index in [9.17, 15) is 13.6 Å². The number of alkyl halides is 2. The lowest BCUT2D eigenvalue weighted by molar-refractivity contribution is -0.131. The molecule has 4 heteroatoms. The summed E-state index contributed by atoms with van der Waals surface area (Å²) in [5.41, 5.74) is 2.15. The molecule has 0 spiro atoms. The summed E-state index contributed by atoms with van der Waals surface area (Å²) < 4.78 is 23.6. The van der Waals surface area contributed by atoms with E-state index >= 15 is 0 Å². The molecule has 0 saturated carbocycles. The molecular weight excluding hydrogens is 200 g/mol. The number of nitrogens with one attached hydrogen (secondary N) is 1. The molecule has 1 aromatic rings. The topological polar surface area (TPSA) is 29.1 Å². The lowest BCUT2D eigenvalue weighted by atomic mass is 10.1. The second kappa shape index (κ2) is 5.44. The maximum Gasteiger partial charge on any atom is 0.315 e. The fourth-order valence-electron chi connectivity index (χ4n) is 1.27. The van der Waals surface area contributed by atoms with Crippen molar-refractivity contribution >= 4 is 5.91 Å². The van der Waals surface area contributed by atoms with Crippen molar-refractivity contribution in [2.45, 2.75) is 19.8 Å². The van der Waals surface area contributed by atoms with Gasteiger partial charge in [-0.25, -0.2) is 0 Å². The zero-order valence-corrected chi connectivity index (χ0v) is 8.47. The second-order valence-corrected chi connectivity index (χ2v) is 3.33. The van der Waals surface area contributed by atoms with Gasteiger partial charge in [0.1, 0.15) is 0 Å². The van der Waals surface area contributed by atoms with E-state index < -0.39 is 12.3 Å². The third-order valence-corrected chi connectivity index (χ3v) is 1.99. The molecule has 0 radical (unpaired) electrons. The fraction of sp³-hybridized carbons (Fsp3) is 0.364. The SMILES string of the molecule is Cc1cccc(CCNC(=O)C(F)F)c1. The van der Waals surface area contributed by atoms with Crippen LogP contribution in [0, 0.1) is 6.92 Å². The number of amides is 1. The van der Waals surface area contributed by atoms with Crippen molar-refractivity contribution in [2.24, 2.45) is 0 Å². The number of carbonyl (C=O) groups is 1. The smallest absolute Gasteiger partial charge is 0.315 e. The summed E-state index contributed by atoms with van der Waals surface area (Å²) in [4.78, 5) is 10.5. The molecule has 1 rings (SSSR count). The molecule has 0 bridgehead atoms. The Hall–Kier alpha value is -1.45. The molecule has 0 aliphatic carbocycles. The standard InChI is InChI=1S/C11H13F2NO/c1-8-3-2-4-9(7-8)5-6-14-11(15)10(12)13/h2-4,7,10H,5-6H2,1H3,(H,14,15). The Labute approximate surface area is 87.3 Å². The molecule has 1 amide bonds. The van der Waals surface area contributed by atoms with Gasteiger partial charge in [-0.1, -0.05) is 29.8 Å². The molecule has 1 N–H and O–H groups in total. The van der Waals surface area contributed by atoms with Crippen LogP contribution in [0.15, 0.2) is 24.3 Å². The highest BCUT2D eigenvalue weighted by Crippen LogP contribution is 2.04. The number of hydrogen-bond acceptors (Lipinski definition) is 1. The number of benzene rings is 1. The molecule has 0 unspecified atom stereocenters. The van der Waals surface area contributed by atoms with Crippen LogP contribution < -0.4 is 5.32 Å². The van der Waals surface area contributed by atoms with E-state index in [0.717, 1.165) is 11.1 Å². The predicted molar refractivity (Wildman–Crippen MR) is 53.9 cm³/mol. The zero-order chi connectivity index (χ0) is 11.3. The molecule has 0 atom stereocenters. The number of hydrogen-bond donors (Lipinski definition) is 1. The first-order valence-electron chi connectivity index (χ1n) is 4.71. The summed E-state index contributed by atoms with van der Waals surface area (Å²) in [6.45, 7) is 2.20. The average molecular weight is 213 g/mol. The Bertz CT molecular complexity index is 339. The van der Waals surface area contributed by atoms with Crippen molar-refractivity contribution in [3.05, 3.63) is 35.4 Å². The summed E-state index contributed by atoms with van der Waals surface area (Å²) in [5, 5.41) is 2.16. The van der Waals surface area contributed by atoms with Crippen molar-refractivity contribution in [1.82, 2.24) is 5.32 Å². The predicted octanol–water partition coefficient (Wildman–Crippen LogP) is 1.92. The Kier molecular flexibility index (Phi) is 4.21. The highest BCUT2D eigenvalue weighted by Gasteiger charge is 2.13. The number of aryl methyl sites for hydroxylation is 1. The molecule has 0 aromatic heterocycles. The number of halogens is 2. The normalized spacial score (nSPS) is 10.4. The van der Waals surface area contributed by atoms with Gasteiger partial charge in [0.25, 0.3) is 5.91 Å². The maximum absolute atomic E-state index is 11.8. The average Bonchev–Trinajstić information content (AvgIpc) is 2.17. The van der Waals surface area contributed by atoms with Crippen LogP contribution in [0.5, 0.6) is 0 Å². The van der Waals surface area contributed by atoms with Gasteiger partial charge in [-0.15, -0.1) is 0 Å². The lowest BCUT2D eigenvalue weighted by Gasteiger charge is -2.04. The summed E-state index contributed by atoms with van der Waals surface area (Å²) in [6, 6.07) is 7.73. The summed E-state index contributed by atoms with van der Waals surface area (Å²) in [6.07, 6.45) is -2.36. The first-order valence-corrected chi connectivity index (χ1v) is 4.71. The van der Waals surface area contributed by atoms with E-state index in [0.29, 0.717) is 6.42 Å². The maximum atomic E-state index is 11.8. The van der Waals surface area contributed by atoms with Gasteiger partial charge >= 0.3 is 6.43 Å². The van der Waals surface area contributed by atoms with Crippen molar-refractivity contribution in [2.75, 3.05) is 6.54 Å². The van der Waals surface area contributed by atoms with Crippen LogP contribution in [0.1, 0.15) is 11.1 Å². The van der Waals surface area contributed by atoms with Crippen LogP contribution >= 0.6 is 0 Å². The van der Waals surface area contributed by atoms with E-state index in [1.54, 1.807) is 0 Å². The van der Waals surface area contributed by atoms with E-state index in [-0.39, 0.29) is 6.54 Å². The highest BCUT2D eigenvalue weighted by molar-refractivity contribution is 5.79. The first kappa shape index (κ1) is 11.6. The van der Waals surface area contributed by atoms with Gasteiger partial charge in [-0.05, 0) is 18.9 Å². The van der Waals surface area contributed by atoms with Crippen LogP contribution in [0.2, 0.25) is 0 Å². The Balaban J connectivity index is 2.35. The highest BCUT2D eigenvalue weighted by atomic mass is 19.3. The van der Waals surface area contributed by atoms with E-state index in [4.69, 9.17) is 0 Å². The largest absolute Gasteiger partial charge is 0.351 e. The lowest BCUT2D eigenvalue weighted by Crippen LogP contribution is -2.31. The molecule has 0 aliphatic rings. The van der Waals surface area contributed by atoms with Gasteiger partial charge in [0.15, 0.2) is 0 Å². The molecule has 1 aromatic carbocycles. The van der Waals surface area contributed by atoms with Crippen molar-refractivity contribution in [3.8, 4) is 0 Å². The van der Waals surface area contributed by atoms with Crippen molar-refractivity contribution < 1.29 is 13.6 Å². The van der Waals surface area contributed by atoms with Gasteiger partial charge in [0.2, 0.25) is 0 Å². The van der Waals surface area contributed by atoms with Gasteiger partial charge in [-0.3, -0.25) is 4.79 Å². The molecule has 0 fully saturated rings. The Morgan fingerprint density at radius 2 is 2.20 bits per heavy atom. The number of carbonyl (C=O) groups excluding carboxylic acids is 1. The summed E-state index contributed by atoms with van der Waals surface area (Å²) in [5.74, 6) is -1.21. The monoisotopic (exact) mass is 213 g/mol. The van der Waals surface area contributed by atoms with Crippen LogP contribution in [0.3, 0.4) is 0 Å². The quantitative estimate of drug-likeness (QED) is 0.813. The van der Waals surface area contributed by atoms with Gasteiger partial charge in [0, 0.05) is 6.54 Å². The first-order chi connectivity index (χ1) is 7.09. The van der Waals surface area contributed by atoms with Crippen molar-refractivity contribution in [1.29, 1.82) is 0 Å². The second-order valence-electron chi connectivity index (χ2n) is 3.33. The third-order valence-electron chi connectivity index (χ3n) is 1.99. The molecule has 2 nitrogen and oxygen atoms in total. The third kappa shape index (κ3) is 4.06. The molecule has 82 valence electrons. The van der Waals surface area contributed by atoms with Crippen LogP contribution in [-0.4, -0.2) is 18.9 Å². The van der Waals surface area contributed by atoms with Gasteiger partial charge < -0.3 is 5.32 Å². The molecule has 15 heavy (non-hydrogen) atoms. The summed E-state index contributed by atoms with van der Waals surface area (Å²) >= 11 is 0. The summed E-state index contributed by atoms with van der Waals surface area (Å²) in [7, 11) is 0. The van der Waals surface area contributed by atoms with E-state index in [2.05, 4.69) is 5.32 Å². The molecular formula is C11H13F2NO. The van der Waals surface area contributed by atoms with Crippen LogP contribution in [0.25, 0.3) is 0 Å². The minimum Gasteiger partial charge on any atom is -0.351 e. The minimum atomic E-state index is -2.93. The van der Waals surface area contributed by atoms with Crippen LogP contribution in [0.4, 0.5) is 8.78 Å². The van der Waals surface area contributed by atoms with E-state index in [1.807, 2.05) is 31.2 Å². The molecule has 0 saturated heterocycles. The fourth-order valence-corrected chi connectivity index (χ4v) is 1.27. The Morgan fingerprint density at radius 1 is 1.47 bits per heavy atom. The van der Waals surface area contributed by atoms with Gasteiger partial charge in [0.05, 0.1) is 0 Å². The minimum absolute atomic E-state index is 0.243. The zero-order valence-electron chi connectivity index (χ0n) is 8.47. The van der Waals surface area contributed by atoms with E-state index in [1.165, 1.54) is 0 Å². The molecule has 0 aliphatic heterocycles. The van der Waals surface area contributed by atoms with Crippen LogP contribution in [-0.2, 0) is 11.2 Å². The Morgan fingerprint density at radius 3 is 2.80 bits per heavy atom. The van der Waals surface area contributed by atoms with Gasteiger partial charge in [-0.2, -0.15) is 8.78 Å². The number of rotatable bonds is 4. The molecule has 0 heterocycles.